The number of nitrogens with one attached hydrogen (secondary N) is 1. The highest BCUT2D eigenvalue weighted by Gasteiger charge is 2.42. The van der Waals surface area contributed by atoms with Crippen LogP contribution >= 0.6 is 11.6 Å². The Morgan fingerprint density at radius 1 is 1.04 bits per heavy atom. The molecule has 0 aliphatic rings. The van der Waals surface area contributed by atoms with Gasteiger partial charge in [-0.3, -0.25) is 19.2 Å². The van der Waals surface area contributed by atoms with Crippen molar-refractivity contribution in [2.75, 3.05) is 19.5 Å². The van der Waals surface area contributed by atoms with Gasteiger partial charge in [0.25, 0.3) is 11.7 Å². The van der Waals surface area contributed by atoms with Crippen LogP contribution in [0.25, 0.3) is 0 Å². The fourth-order valence-electron chi connectivity index (χ4n) is 1.56. The molecule has 0 radical (unpaired) electrons. The lowest BCUT2D eigenvalue weighted by Gasteiger charge is -2.11. The van der Waals surface area contributed by atoms with E-state index in [-0.39, 0.29) is 5.69 Å². The zero-order valence-electron chi connectivity index (χ0n) is 12.1. The summed E-state index contributed by atoms with van der Waals surface area (Å²) in [6.45, 7) is 0. The zero-order chi connectivity index (χ0) is 17.6. The summed E-state index contributed by atoms with van der Waals surface area (Å²) in [5, 5.41) is 2.47. The van der Waals surface area contributed by atoms with E-state index in [1.807, 2.05) is 0 Å². The summed E-state index contributed by atoms with van der Waals surface area (Å²) in [6, 6.07) is 5.84. The Morgan fingerprint density at radius 2 is 1.70 bits per heavy atom. The summed E-state index contributed by atoms with van der Waals surface area (Å²) in [7, 11) is 1.80. The van der Waals surface area contributed by atoms with Crippen molar-refractivity contribution in [3.05, 3.63) is 29.3 Å². The summed E-state index contributed by atoms with van der Waals surface area (Å²) in [4.78, 5) is 58.4. The summed E-state index contributed by atoms with van der Waals surface area (Å²) >= 11 is 5.73. The number of Topliss-reactive ketones (excluding diaryl/α,β-unsaturated/α-hetero) is 2. The van der Waals surface area contributed by atoms with Crippen molar-refractivity contribution < 1.29 is 33.4 Å². The van der Waals surface area contributed by atoms with Crippen LogP contribution in [0.15, 0.2) is 24.3 Å². The smallest absolute Gasteiger partial charge is 0.375 e. The molecule has 122 valence electrons. The highest BCUT2D eigenvalue weighted by Crippen LogP contribution is 2.15. The molecule has 1 rings (SSSR count). The molecule has 1 N–H and O–H groups in total. The number of benzene rings is 1. The van der Waals surface area contributed by atoms with Gasteiger partial charge in [-0.15, -0.1) is 0 Å². The number of hydrogen-bond donors (Lipinski definition) is 1. The maximum absolute atomic E-state index is 12.0. The van der Waals surface area contributed by atoms with E-state index in [9.17, 15) is 24.0 Å². The molecule has 0 spiro atoms. The van der Waals surface area contributed by atoms with Crippen molar-refractivity contribution in [3.63, 3.8) is 0 Å². The van der Waals surface area contributed by atoms with Crippen molar-refractivity contribution in [3.8, 4) is 0 Å². The van der Waals surface area contributed by atoms with E-state index in [2.05, 4.69) is 14.8 Å². The standard InChI is InChI=1S/C14H12ClNO7/c1-22-13(20)9(11(18)14(21)23-2)10(17)12(19)16-8-5-3-4-7(15)6-8/h3-6,9H,1-2H3,(H,16,19)/t9-/m0/s1. The third-order valence-electron chi connectivity index (χ3n) is 2.65. The SMILES string of the molecule is COC(=O)C(=O)[C@@H](C(=O)OC)C(=O)C(=O)Nc1cccc(Cl)c1. The van der Waals surface area contributed by atoms with Gasteiger partial charge in [0, 0.05) is 10.7 Å². The third kappa shape index (κ3) is 4.62. The summed E-state index contributed by atoms with van der Waals surface area (Å²) < 4.78 is 8.43. The first-order valence-electron chi connectivity index (χ1n) is 6.12. The number of methoxy groups -OCH3 is 2. The van der Waals surface area contributed by atoms with Crippen molar-refractivity contribution in [1.29, 1.82) is 0 Å². The van der Waals surface area contributed by atoms with Crippen LogP contribution in [-0.4, -0.2) is 43.6 Å². The number of rotatable bonds is 6. The highest BCUT2D eigenvalue weighted by atomic mass is 35.5. The van der Waals surface area contributed by atoms with E-state index in [1.54, 1.807) is 0 Å². The van der Waals surface area contributed by atoms with E-state index in [1.165, 1.54) is 24.3 Å². The second-order valence-electron chi connectivity index (χ2n) is 4.14. The highest BCUT2D eigenvalue weighted by molar-refractivity contribution is 6.54. The second kappa shape index (κ2) is 8.04. The lowest BCUT2D eigenvalue weighted by atomic mass is 9.98. The first-order chi connectivity index (χ1) is 10.8. The molecule has 0 saturated carbocycles. The molecule has 1 aromatic rings. The first kappa shape index (κ1) is 18.3. The fourth-order valence-corrected chi connectivity index (χ4v) is 1.75. The predicted molar refractivity (Wildman–Crippen MR) is 77.6 cm³/mol. The molecule has 0 saturated heterocycles. The van der Waals surface area contributed by atoms with Crippen LogP contribution in [0.5, 0.6) is 0 Å². The van der Waals surface area contributed by atoms with Crippen LogP contribution < -0.4 is 5.32 Å². The number of esters is 2. The average molecular weight is 342 g/mol. The van der Waals surface area contributed by atoms with Crippen LogP contribution in [-0.2, 0) is 33.4 Å². The number of hydrogen-bond acceptors (Lipinski definition) is 7. The molecule has 1 atom stereocenters. The Bertz CT molecular complexity index is 671. The first-order valence-corrected chi connectivity index (χ1v) is 6.50. The van der Waals surface area contributed by atoms with Gasteiger partial charge in [-0.05, 0) is 18.2 Å². The molecule has 0 fully saturated rings. The third-order valence-corrected chi connectivity index (χ3v) is 2.89. The molecule has 8 nitrogen and oxygen atoms in total. The van der Waals surface area contributed by atoms with Gasteiger partial charge in [0.1, 0.15) is 0 Å². The molecule has 1 aromatic carbocycles. The van der Waals surface area contributed by atoms with E-state index >= 15 is 0 Å². The van der Waals surface area contributed by atoms with Crippen LogP contribution in [0.4, 0.5) is 5.69 Å². The number of halogens is 1. The zero-order valence-corrected chi connectivity index (χ0v) is 12.9. The maximum atomic E-state index is 12.0. The number of carbonyl (C=O) groups excluding carboxylic acids is 5. The molecule has 0 heterocycles. The lowest BCUT2D eigenvalue weighted by Crippen LogP contribution is -2.42. The molecule has 0 aliphatic heterocycles. The van der Waals surface area contributed by atoms with Crippen molar-refractivity contribution in [2.45, 2.75) is 0 Å². The molecule has 0 aliphatic carbocycles. The van der Waals surface area contributed by atoms with Crippen molar-refractivity contribution >= 4 is 46.7 Å². The number of carbonyl (C=O) groups is 5. The average Bonchev–Trinajstić information content (AvgIpc) is 2.53. The lowest BCUT2D eigenvalue weighted by molar-refractivity contribution is -0.163. The van der Waals surface area contributed by atoms with Gasteiger partial charge in [0.05, 0.1) is 14.2 Å². The van der Waals surface area contributed by atoms with Gasteiger partial charge in [0.2, 0.25) is 5.78 Å². The van der Waals surface area contributed by atoms with Gasteiger partial charge in [-0.1, -0.05) is 17.7 Å². The molecular weight excluding hydrogens is 330 g/mol. The monoisotopic (exact) mass is 341 g/mol. The van der Waals surface area contributed by atoms with E-state index in [0.29, 0.717) is 5.02 Å². The normalized spacial score (nSPS) is 11.1. The molecule has 9 heteroatoms. The quantitative estimate of drug-likeness (QED) is 0.451. The van der Waals surface area contributed by atoms with Crippen molar-refractivity contribution in [2.24, 2.45) is 5.92 Å². The van der Waals surface area contributed by atoms with E-state index in [0.717, 1.165) is 14.2 Å². The van der Waals surface area contributed by atoms with Crippen LogP contribution in [0.2, 0.25) is 5.02 Å². The molecule has 0 aromatic heterocycles. The summed E-state index contributed by atoms with van der Waals surface area (Å²) in [5.74, 6) is -9.24. The molecule has 0 unspecified atom stereocenters. The number of anilines is 1. The minimum absolute atomic E-state index is 0.171. The Hall–Kier alpha value is -2.74. The van der Waals surface area contributed by atoms with Crippen LogP contribution in [0.1, 0.15) is 0 Å². The van der Waals surface area contributed by atoms with E-state index < -0.39 is 35.3 Å². The van der Waals surface area contributed by atoms with Gasteiger partial charge in [0.15, 0.2) is 5.92 Å². The topological polar surface area (TPSA) is 116 Å². The fraction of sp³-hybridized carbons (Fsp3) is 0.214. The van der Waals surface area contributed by atoms with Crippen LogP contribution in [0.3, 0.4) is 0 Å². The summed E-state index contributed by atoms with van der Waals surface area (Å²) in [5.41, 5.74) is 0.171. The minimum Gasteiger partial charge on any atom is -0.468 e. The van der Waals surface area contributed by atoms with Gasteiger partial charge in [-0.25, -0.2) is 4.79 Å². The second-order valence-corrected chi connectivity index (χ2v) is 4.58. The molecular formula is C14H12ClNO7. The molecule has 23 heavy (non-hydrogen) atoms. The Kier molecular flexibility index (Phi) is 6.40. The Labute approximate surface area is 135 Å². The number of amides is 1. The minimum atomic E-state index is -2.23. The molecule has 1 amide bonds. The largest absolute Gasteiger partial charge is 0.468 e. The maximum Gasteiger partial charge on any atom is 0.375 e. The van der Waals surface area contributed by atoms with E-state index in [4.69, 9.17) is 11.6 Å². The Balaban J connectivity index is 3.00. The van der Waals surface area contributed by atoms with Crippen LogP contribution in [0, 0.1) is 5.92 Å². The predicted octanol–water partition coefficient (Wildman–Crippen LogP) is 0.379. The summed E-state index contributed by atoms with van der Waals surface area (Å²) in [6.07, 6.45) is 0. The number of ether oxygens (including phenoxy) is 2. The van der Waals surface area contributed by atoms with Gasteiger partial charge >= 0.3 is 11.9 Å². The molecule has 0 bridgehead atoms. The number of ketones is 2. The van der Waals surface area contributed by atoms with Crippen molar-refractivity contribution in [1.82, 2.24) is 0 Å². The Morgan fingerprint density at radius 3 is 2.22 bits per heavy atom. The van der Waals surface area contributed by atoms with Gasteiger partial charge in [-0.2, -0.15) is 0 Å². The van der Waals surface area contributed by atoms with Gasteiger partial charge < -0.3 is 14.8 Å².